The highest BCUT2D eigenvalue weighted by atomic mass is 32.1. The first-order chi connectivity index (χ1) is 19.0. The van der Waals surface area contributed by atoms with Crippen molar-refractivity contribution < 1.29 is 9.90 Å². The van der Waals surface area contributed by atoms with Crippen LogP contribution in [0.25, 0.3) is 10.2 Å². The van der Waals surface area contributed by atoms with Crippen LogP contribution in [0.3, 0.4) is 0 Å². The summed E-state index contributed by atoms with van der Waals surface area (Å²) in [5, 5.41) is 10.2. The van der Waals surface area contributed by atoms with Gasteiger partial charge in [0.1, 0.15) is 11.3 Å². The Labute approximate surface area is 235 Å². The highest BCUT2D eigenvalue weighted by molar-refractivity contribution is 7.16. The smallest absolute Gasteiger partial charge is 0.305 e. The van der Waals surface area contributed by atoms with E-state index < -0.39 is 0 Å². The van der Waals surface area contributed by atoms with Crippen molar-refractivity contribution in [2.24, 2.45) is 5.73 Å². The van der Waals surface area contributed by atoms with Gasteiger partial charge in [-0.15, -0.1) is 0 Å². The van der Waals surface area contributed by atoms with Gasteiger partial charge in [-0.05, 0) is 79.7 Å². The molecule has 210 valence electrons. The minimum atomic E-state index is -0.244. The van der Waals surface area contributed by atoms with Crippen LogP contribution in [0.5, 0.6) is 5.75 Å². The molecule has 0 spiro atoms. The molecule has 0 aliphatic heterocycles. The average molecular weight is 551 g/mol. The SMILES string of the molecule is NC(=O)CCN(CCc1cccc2c1CCCC2)CCN(CCc1ccc(O)c2[nH]c(=O)sc12)C1CCCC1. The van der Waals surface area contributed by atoms with E-state index in [1.54, 1.807) is 11.6 Å². The quantitative estimate of drug-likeness (QED) is 0.293. The fraction of sp³-hybridized carbons (Fsp3) is 0.548. The van der Waals surface area contributed by atoms with Crippen LogP contribution < -0.4 is 10.6 Å². The molecule has 1 amide bonds. The summed E-state index contributed by atoms with van der Waals surface area (Å²) in [4.78, 5) is 31.3. The molecule has 1 heterocycles. The Morgan fingerprint density at radius 2 is 1.74 bits per heavy atom. The predicted molar refractivity (Wildman–Crippen MR) is 159 cm³/mol. The predicted octanol–water partition coefficient (Wildman–Crippen LogP) is 4.38. The molecule has 5 rings (SSSR count). The monoisotopic (exact) mass is 550 g/mol. The summed E-state index contributed by atoms with van der Waals surface area (Å²) in [6.07, 6.45) is 12.1. The number of aromatic hydroxyl groups is 1. The molecule has 0 radical (unpaired) electrons. The Kier molecular flexibility index (Phi) is 9.37. The molecule has 0 bridgehead atoms. The largest absolute Gasteiger partial charge is 0.506 e. The fourth-order valence-electron chi connectivity index (χ4n) is 6.53. The lowest BCUT2D eigenvalue weighted by Gasteiger charge is -2.32. The van der Waals surface area contributed by atoms with Crippen molar-refractivity contribution >= 4 is 27.5 Å². The molecule has 8 heteroatoms. The third-order valence-corrected chi connectivity index (χ3v) is 9.67. The van der Waals surface area contributed by atoms with Gasteiger partial charge < -0.3 is 20.7 Å². The first kappa shape index (κ1) is 27.9. The Balaban J connectivity index is 1.25. The number of primary amides is 1. The molecule has 0 atom stereocenters. The molecule has 2 aliphatic carbocycles. The van der Waals surface area contributed by atoms with Crippen LogP contribution in [-0.4, -0.2) is 64.6 Å². The summed E-state index contributed by atoms with van der Waals surface area (Å²) in [6.45, 7) is 4.38. The number of nitrogens with zero attached hydrogens (tertiary/aromatic N) is 2. The van der Waals surface area contributed by atoms with Gasteiger partial charge in [0.15, 0.2) is 0 Å². The van der Waals surface area contributed by atoms with E-state index in [0.717, 1.165) is 49.3 Å². The number of H-pyrrole nitrogens is 1. The number of hydrogen-bond acceptors (Lipinski definition) is 6. The summed E-state index contributed by atoms with van der Waals surface area (Å²) >= 11 is 1.18. The normalized spacial score (nSPS) is 15.9. The van der Waals surface area contributed by atoms with E-state index in [9.17, 15) is 14.7 Å². The van der Waals surface area contributed by atoms with Crippen molar-refractivity contribution in [1.82, 2.24) is 14.8 Å². The van der Waals surface area contributed by atoms with Gasteiger partial charge in [-0.3, -0.25) is 14.5 Å². The molecule has 39 heavy (non-hydrogen) atoms. The summed E-state index contributed by atoms with van der Waals surface area (Å²) in [5.74, 6) is -0.115. The molecule has 0 saturated heterocycles. The van der Waals surface area contributed by atoms with Gasteiger partial charge >= 0.3 is 4.87 Å². The third kappa shape index (κ3) is 7.10. The molecule has 4 N–H and O–H groups in total. The highest BCUT2D eigenvalue weighted by Crippen LogP contribution is 2.29. The van der Waals surface area contributed by atoms with Crippen LogP contribution in [0.2, 0.25) is 0 Å². The van der Waals surface area contributed by atoms with E-state index in [-0.39, 0.29) is 16.5 Å². The number of carbonyl (C=O) groups is 1. The Hall–Kier alpha value is -2.68. The Morgan fingerprint density at radius 1 is 0.949 bits per heavy atom. The standard InChI is InChI=1S/C31H42N4O3S/c32-28(37)16-18-34(17-14-23-8-5-7-22-6-1-4-11-26(22)23)20-21-35(25-9-2-3-10-25)19-15-24-12-13-27(36)29-30(24)39-31(38)33-29/h5,7-8,12-13,25,36H,1-4,6,9-11,14-21H2,(H2,32,37)(H,33,38). The third-order valence-electron chi connectivity index (χ3n) is 8.72. The number of phenols is 1. The van der Waals surface area contributed by atoms with E-state index in [0.29, 0.717) is 24.5 Å². The molecule has 1 aromatic heterocycles. The van der Waals surface area contributed by atoms with Crippen LogP contribution in [-0.2, 0) is 30.5 Å². The van der Waals surface area contributed by atoms with Crippen molar-refractivity contribution in [3.8, 4) is 5.75 Å². The minimum Gasteiger partial charge on any atom is -0.506 e. The zero-order chi connectivity index (χ0) is 27.2. The number of phenolic OH excluding ortho intramolecular Hbond substituents is 1. The van der Waals surface area contributed by atoms with E-state index in [1.807, 2.05) is 6.07 Å². The van der Waals surface area contributed by atoms with Gasteiger partial charge in [0.05, 0.1) is 4.70 Å². The molecule has 2 aliphatic rings. The summed E-state index contributed by atoms with van der Waals surface area (Å²) in [6, 6.07) is 11.0. The Morgan fingerprint density at radius 3 is 2.56 bits per heavy atom. The molecule has 3 aromatic rings. The number of rotatable bonds is 13. The second-order valence-electron chi connectivity index (χ2n) is 11.3. The van der Waals surface area contributed by atoms with E-state index in [1.165, 1.54) is 73.8 Å². The number of fused-ring (bicyclic) bond motifs is 2. The van der Waals surface area contributed by atoms with Gasteiger partial charge in [-0.1, -0.05) is 48.4 Å². The maximum atomic E-state index is 12.0. The van der Waals surface area contributed by atoms with Gasteiger partial charge in [0.25, 0.3) is 0 Å². The maximum absolute atomic E-state index is 12.0. The molecule has 1 saturated carbocycles. The number of aromatic amines is 1. The zero-order valence-electron chi connectivity index (χ0n) is 22.9. The van der Waals surface area contributed by atoms with Gasteiger partial charge in [-0.2, -0.15) is 0 Å². The second kappa shape index (κ2) is 13.1. The number of hydrogen-bond donors (Lipinski definition) is 3. The van der Waals surface area contributed by atoms with Gasteiger partial charge in [0.2, 0.25) is 5.91 Å². The van der Waals surface area contributed by atoms with Crippen LogP contribution in [0, 0.1) is 0 Å². The van der Waals surface area contributed by atoms with Crippen molar-refractivity contribution in [2.75, 3.05) is 32.7 Å². The van der Waals surface area contributed by atoms with E-state index >= 15 is 0 Å². The number of amides is 1. The number of thiazole rings is 1. The number of nitrogens with two attached hydrogens (primary N) is 1. The highest BCUT2D eigenvalue weighted by Gasteiger charge is 2.24. The summed E-state index contributed by atoms with van der Waals surface area (Å²) in [5.41, 5.74) is 11.7. The molecule has 2 aromatic carbocycles. The summed E-state index contributed by atoms with van der Waals surface area (Å²) < 4.78 is 0.862. The van der Waals surface area contributed by atoms with Gasteiger partial charge in [-0.25, -0.2) is 0 Å². The first-order valence-electron chi connectivity index (χ1n) is 14.7. The summed E-state index contributed by atoms with van der Waals surface area (Å²) in [7, 11) is 0. The Bertz CT molecular complexity index is 1330. The fourth-order valence-corrected chi connectivity index (χ4v) is 7.42. The van der Waals surface area contributed by atoms with E-state index in [4.69, 9.17) is 5.73 Å². The molecule has 7 nitrogen and oxygen atoms in total. The number of carbonyl (C=O) groups excluding carboxylic acids is 1. The number of nitrogens with one attached hydrogen (secondary N) is 1. The van der Waals surface area contributed by atoms with Crippen LogP contribution in [0.15, 0.2) is 35.1 Å². The second-order valence-corrected chi connectivity index (χ2v) is 12.2. The van der Waals surface area contributed by atoms with Crippen LogP contribution in [0.1, 0.15) is 67.2 Å². The van der Waals surface area contributed by atoms with Crippen molar-refractivity contribution in [3.63, 3.8) is 0 Å². The van der Waals surface area contributed by atoms with Gasteiger partial charge in [0, 0.05) is 45.2 Å². The van der Waals surface area contributed by atoms with Crippen molar-refractivity contribution in [2.45, 2.75) is 76.7 Å². The lowest BCUT2D eigenvalue weighted by atomic mass is 9.87. The maximum Gasteiger partial charge on any atom is 0.305 e. The number of benzene rings is 2. The molecular weight excluding hydrogens is 508 g/mol. The lowest BCUT2D eigenvalue weighted by Crippen LogP contribution is -2.42. The zero-order valence-corrected chi connectivity index (χ0v) is 23.7. The van der Waals surface area contributed by atoms with Crippen molar-refractivity contribution in [1.29, 1.82) is 0 Å². The van der Waals surface area contributed by atoms with Crippen LogP contribution >= 0.6 is 11.3 Å². The van der Waals surface area contributed by atoms with Crippen molar-refractivity contribution in [3.05, 3.63) is 62.3 Å². The lowest BCUT2D eigenvalue weighted by molar-refractivity contribution is -0.118. The van der Waals surface area contributed by atoms with Crippen LogP contribution in [0.4, 0.5) is 0 Å². The first-order valence-corrected chi connectivity index (χ1v) is 15.5. The van der Waals surface area contributed by atoms with E-state index in [2.05, 4.69) is 33.0 Å². The minimum absolute atomic E-state index is 0.129. The molecule has 0 unspecified atom stereocenters. The average Bonchev–Trinajstić information content (AvgIpc) is 3.61. The number of aromatic nitrogens is 1. The molecular formula is C31H42N4O3S. The topological polar surface area (TPSA) is 103 Å². The molecule has 1 fully saturated rings. The number of aryl methyl sites for hydroxylation is 1.